The molecule has 6 heteroatoms. The SMILES string of the molecule is Cl.Fc1cc([C@H](C2CCCCC2)N2CCNCC2)cc(F)c1F. The Morgan fingerprint density at radius 2 is 1.52 bits per heavy atom. The fourth-order valence-electron chi connectivity index (χ4n) is 3.94. The van der Waals surface area contributed by atoms with Crippen molar-refractivity contribution < 1.29 is 13.2 Å². The number of nitrogens with zero attached hydrogens (tertiary/aromatic N) is 1. The summed E-state index contributed by atoms with van der Waals surface area (Å²) in [5.74, 6) is -3.13. The highest BCUT2D eigenvalue weighted by Gasteiger charge is 2.32. The van der Waals surface area contributed by atoms with Crippen LogP contribution in [0.15, 0.2) is 12.1 Å². The second kappa shape index (κ2) is 8.36. The maximum absolute atomic E-state index is 13.7. The van der Waals surface area contributed by atoms with Gasteiger partial charge in [0.15, 0.2) is 17.5 Å². The molecule has 1 N–H and O–H groups in total. The van der Waals surface area contributed by atoms with E-state index in [1.165, 1.54) is 31.4 Å². The monoisotopic (exact) mass is 348 g/mol. The fraction of sp³-hybridized carbons (Fsp3) is 0.647. The molecule has 1 heterocycles. The summed E-state index contributed by atoms with van der Waals surface area (Å²) >= 11 is 0. The Bertz CT molecular complexity index is 474. The number of piperazine rings is 1. The molecule has 0 bridgehead atoms. The maximum Gasteiger partial charge on any atom is 0.194 e. The van der Waals surface area contributed by atoms with E-state index in [1.807, 2.05) is 0 Å². The molecule has 2 nitrogen and oxygen atoms in total. The van der Waals surface area contributed by atoms with E-state index in [0.29, 0.717) is 11.5 Å². The van der Waals surface area contributed by atoms with E-state index < -0.39 is 17.5 Å². The highest BCUT2D eigenvalue weighted by Crippen LogP contribution is 2.39. The van der Waals surface area contributed by atoms with Crippen molar-refractivity contribution in [3.05, 3.63) is 35.1 Å². The Balaban J connectivity index is 0.00000192. The molecule has 0 radical (unpaired) electrons. The van der Waals surface area contributed by atoms with Crippen molar-refractivity contribution in [2.45, 2.75) is 38.1 Å². The Hall–Kier alpha value is -0.780. The Morgan fingerprint density at radius 3 is 2.09 bits per heavy atom. The molecule has 1 aliphatic heterocycles. The Labute approximate surface area is 141 Å². The second-order valence-electron chi connectivity index (χ2n) is 6.43. The predicted molar refractivity (Wildman–Crippen MR) is 87.3 cm³/mol. The van der Waals surface area contributed by atoms with Gasteiger partial charge >= 0.3 is 0 Å². The second-order valence-corrected chi connectivity index (χ2v) is 6.43. The van der Waals surface area contributed by atoms with Crippen LogP contribution in [0, 0.1) is 23.4 Å². The van der Waals surface area contributed by atoms with Gasteiger partial charge in [-0.2, -0.15) is 0 Å². The van der Waals surface area contributed by atoms with Crippen molar-refractivity contribution in [1.29, 1.82) is 0 Å². The summed E-state index contributed by atoms with van der Waals surface area (Å²) in [5, 5.41) is 3.31. The minimum absolute atomic E-state index is 0. The van der Waals surface area contributed by atoms with E-state index in [0.717, 1.165) is 39.0 Å². The van der Waals surface area contributed by atoms with E-state index in [1.54, 1.807) is 0 Å². The lowest BCUT2D eigenvalue weighted by Gasteiger charge is -2.41. The van der Waals surface area contributed by atoms with Crippen molar-refractivity contribution >= 4 is 12.4 Å². The fourth-order valence-corrected chi connectivity index (χ4v) is 3.94. The molecule has 3 rings (SSSR count). The molecule has 1 saturated carbocycles. The summed E-state index contributed by atoms with van der Waals surface area (Å²) in [6.45, 7) is 3.49. The zero-order valence-electron chi connectivity index (χ0n) is 13.2. The molecular formula is C17H24ClF3N2. The molecule has 1 aromatic rings. The van der Waals surface area contributed by atoms with Gasteiger partial charge < -0.3 is 5.32 Å². The van der Waals surface area contributed by atoms with Crippen LogP contribution >= 0.6 is 12.4 Å². The maximum atomic E-state index is 13.7. The number of benzene rings is 1. The van der Waals surface area contributed by atoms with Crippen molar-refractivity contribution in [2.24, 2.45) is 5.92 Å². The van der Waals surface area contributed by atoms with Gasteiger partial charge in [0.1, 0.15) is 0 Å². The minimum atomic E-state index is -1.37. The number of halogens is 4. The summed E-state index contributed by atoms with van der Waals surface area (Å²) in [6.07, 6.45) is 5.72. The van der Waals surface area contributed by atoms with E-state index in [2.05, 4.69) is 10.2 Å². The van der Waals surface area contributed by atoms with E-state index in [4.69, 9.17) is 0 Å². The van der Waals surface area contributed by atoms with Crippen LogP contribution in [0.3, 0.4) is 0 Å². The van der Waals surface area contributed by atoms with Crippen LogP contribution in [0.5, 0.6) is 0 Å². The molecule has 0 amide bonds. The third-order valence-electron chi connectivity index (χ3n) is 4.99. The van der Waals surface area contributed by atoms with Crippen LogP contribution in [-0.2, 0) is 0 Å². The minimum Gasteiger partial charge on any atom is -0.314 e. The molecule has 0 unspecified atom stereocenters. The molecule has 1 aliphatic carbocycles. The van der Waals surface area contributed by atoms with Crippen molar-refractivity contribution in [3.63, 3.8) is 0 Å². The summed E-state index contributed by atoms with van der Waals surface area (Å²) < 4.78 is 40.7. The highest BCUT2D eigenvalue weighted by atomic mass is 35.5. The average Bonchev–Trinajstić information content (AvgIpc) is 2.55. The topological polar surface area (TPSA) is 15.3 Å². The molecule has 0 aromatic heterocycles. The molecule has 2 aliphatic rings. The summed E-state index contributed by atoms with van der Waals surface area (Å²) in [6, 6.07) is 2.38. The lowest BCUT2D eigenvalue weighted by molar-refractivity contribution is 0.103. The number of nitrogens with one attached hydrogen (secondary N) is 1. The van der Waals surface area contributed by atoms with E-state index in [9.17, 15) is 13.2 Å². The molecule has 130 valence electrons. The van der Waals surface area contributed by atoms with Crippen molar-refractivity contribution in [1.82, 2.24) is 10.2 Å². The smallest absolute Gasteiger partial charge is 0.194 e. The predicted octanol–water partition coefficient (Wildman–Crippen LogP) is 4.05. The van der Waals surface area contributed by atoms with Crippen LogP contribution in [0.25, 0.3) is 0 Å². The molecule has 1 saturated heterocycles. The van der Waals surface area contributed by atoms with Crippen LogP contribution in [0.2, 0.25) is 0 Å². The van der Waals surface area contributed by atoms with Crippen LogP contribution < -0.4 is 5.32 Å². The van der Waals surface area contributed by atoms with E-state index in [-0.39, 0.29) is 18.4 Å². The van der Waals surface area contributed by atoms with Gasteiger partial charge in [0, 0.05) is 32.2 Å². The first-order chi connectivity index (χ1) is 10.7. The Kier molecular flexibility index (Phi) is 6.74. The highest BCUT2D eigenvalue weighted by molar-refractivity contribution is 5.85. The van der Waals surface area contributed by atoms with Gasteiger partial charge in [-0.25, -0.2) is 13.2 Å². The molecule has 2 fully saturated rings. The first-order valence-corrected chi connectivity index (χ1v) is 8.26. The summed E-state index contributed by atoms with van der Waals surface area (Å²) in [4.78, 5) is 2.30. The molecule has 1 atom stereocenters. The van der Waals surface area contributed by atoms with Gasteiger partial charge in [-0.05, 0) is 36.5 Å². The first kappa shape index (κ1) is 18.6. The first-order valence-electron chi connectivity index (χ1n) is 8.26. The van der Waals surface area contributed by atoms with Gasteiger partial charge in [-0.15, -0.1) is 12.4 Å². The van der Waals surface area contributed by atoms with E-state index >= 15 is 0 Å². The van der Waals surface area contributed by atoms with Gasteiger partial charge in [0.2, 0.25) is 0 Å². The third kappa shape index (κ3) is 4.20. The van der Waals surface area contributed by atoms with Crippen LogP contribution in [0.4, 0.5) is 13.2 Å². The van der Waals surface area contributed by atoms with Gasteiger partial charge in [-0.3, -0.25) is 4.90 Å². The number of rotatable bonds is 3. The molecule has 1 aromatic carbocycles. The van der Waals surface area contributed by atoms with Gasteiger partial charge in [0.25, 0.3) is 0 Å². The van der Waals surface area contributed by atoms with Gasteiger partial charge in [0.05, 0.1) is 0 Å². The molecular weight excluding hydrogens is 325 g/mol. The number of hydrogen-bond acceptors (Lipinski definition) is 2. The summed E-state index contributed by atoms with van der Waals surface area (Å²) in [5.41, 5.74) is 0.588. The van der Waals surface area contributed by atoms with Crippen molar-refractivity contribution in [2.75, 3.05) is 26.2 Å². The zero-order chi connectivity index (χ0) is 15.5. The molecule has 0 spiro atoms. The van der Waals surface area contributed by atoms with Crippen molar-refractivity contribution in [3.8, 4) is 0 Å². The standard InChI is InChI=1S/C17H23F3N2.ClH/c18-14-10-13(11-15(19)16(14)20)17(12-4-2-1-3-5-12)22-8-6-21-7-9-22;/h10-12,17,21H,1-9H2;1H/t17-;/m0./s1. The quantitative estimate of drug-likeness (QED) is 0.829. The van der Waals surface area contributed by atoms with Gasteiger partial charge in [-0.1, -0.05) is 19.3 Å². The van der Waals surface area contributed by atoms with Crippen LogP contribution in [0.1, 0.15) is 43.7 Å². The summed E-state index contributed by atoms with van der Waals surface area (Å²) in [7, 11) is 0. The third-order valence-corrected chi connectivity index (χ3v) is 4.99. The zero-order valence-corrected chi connectivity index (χ0v) is 14.0. The Morgan fingerprint density at radius 1 is 0.957 bits per heavy atom. The molecule has 23 heavy (non-hydrogen) atoms. The number of hydrogen-bond donors (Lipinski definition) is 1. The normalized spacial score (nSPS) is 21.7. The lowest BCUT2D eigenvalue weighted by Crippen LogP contribution is -2.47. The largest absolute Gasteiger partial charge is 0.314 e. The lowest BCUT2D eigenvalue weighted by atomic mass is 9.80. The average molecular weight is 349 g/mol. The van der Waals surface area contributed by atoms with Crippen LogP contribution in [-0.4, -0.2) is 31.1 Å².